The maximum absolute atomic E-state index is 8.74. The summed E-state index contributed by atoms with van der Waals surface area (Å²) in [6.07, 6.45) is 0.750. The minimum absolute atomic E-state index is 0.750. The van der Waals surface area contributed by atoms with Gasteiger partial charge in [-0.25, -0.2) is 0 Å². The number of aliphatic hydroxyl groups excluding tert-OH is 1. The minimum Gasteiger partial charge on any atom is -0.516 e. The van der Waals surface area contributed by atoms with Gasteiger partial charge < -0.3 is 14.9 Å². The molecule has 7 heavy (non-hydrogen) atoms. The molecule has 0 atom stereocenters. The van der Waals surface area contributed by atoms with E-state index in [9.17, 15) is 0 Å². The Labute approximate surface area is 41.7 Å². The lowest BCUT2D eigenvalue weighted by Gasteiger charge is -1.61. The monoisotopic (exact) mass is 126 g/mol. The van der Waals surface area contributed by atoms with E-state index < -0.39 is 8.25 Å². The maximum Gasteiger partial charge on any atom is 0.314 e. The van der Waals surface area contributed by atoms with E-state index in [4.69, 9.17) is 19.5 Å². The first-order chi connectivity index (χ1) is 3.15. The van der Waals surface area contributed by atoms with E-state index >= 15 is 0 Å². The minimum atomic E-state index is -3.13. The van der Waals surface area contributed by atoms with Gasteiger partial charge >= 0.3 is 8.25 Å². The van der Waals surface area contributed by atoms with Crippen molar-refractivity contribution >= 4 is 8.25 Å². The van der Waals surface area contributed by atoms with Crippen molar-refractivity contribution in [3.8, 4) is 0 Å². The van der Waals surface area contributed by atoms with Gasteiger partial charge in [0.05, 0.1) is 6.26 Å². The van der Waals surface area contributed by atoms with Crippen LogP contribution in [0.3, 0.4) is 0 Å². The molecular weight excluding hydrogens is 119 g/mol. The highest BCUT2D eigenvalue weighted by atomic mass is 31.1. The Kier molecular flexibility index (Phi) is 12.9. The van der Waals surface area contributed by atoms with Gasteiger partial charge in [0, 0.05) is 0 Å². The third-order valence-electron chi connectivity index (χ3n) is 0. The standard InChI is InChI=1S/C2H4O.H3O3P/c1-2-3;1-4(2)3/h2-3H,1H2;4H,(H2,1,2,3). The fourth-order valence-corrected chi connectivity index (χ4v) is 0. The zero-order valence-corrected chi connectivity index (χ0v) is 4.53. The molecule has 3 N–H and O–H groups in total. The largest absolute Gasteiger partial charge is 0.516 e. The Morgan fingerprint density at radius 2 is 1.57 bits per heavy atom. The first kappa shape index (κ1) is 9.85. The number of hydrogen-bond donors (Lipinski definition) is 3. The average Bonchev–Trinajstić information content (AvgIpc) is 1.33. The molecule has 0 radical (unpaired) electrons. The Hall–Kier alpha value is -0.310. The van der Waals surface area contributed by atoms with Crippen LogP contribution in [0.15, 0.2) is 12.8 Å². The molecule has 0 unspecified atom stereocenters. The summed E-state index contributed by atoms with van der Waals surface area (Å²) in [6.45, 7) is 2.92. The molecule has 0 aromatic carbocycles. The molecule has 0 aromatic heterocycles. The highest BCUT2D eigenvalue weighted by Crippen LogP contribution is 1.98. The van der Waals surface area contributed by atoms with Gasteiger partial charge in [-0.3, -0.25) is 4.57 Å². The van der Waals surface area contributed by atoms with Crippen molar-refractivity contribution in [1.82, 2.24) is 0 Å². The van der Waals surface area contributed by atoms with E-state index in [2.05, 4.69) is 6.58 Å². The Balaban J connectivity index is 0. The topological polar surface area (TPSA) is 77.8 Å². The van der Waals surface area contributed by atoms with Gasteiger partial charge in [-0.1, -0.05) is 6.58 Å². The van der Waals surface area contributed by atoms with E-state index in [0.29, 0.717) is 0 Å². The van der Waals surface area contributed by atoms with Crippen molar-refractivity contribution in [2.45, 2.75) is 0 Å². The van der Waals surface area contributed by atoms with Crippen molar-refractivity contribution in [1.29, 1.82) is 0 Å². The van der Waals surface area contributed by atoms with Crippen molar-refractivity contribution in [2.75, 3.05) is 0 Å². The molecule has 0 bridgehead atoms. The molecule has 0 aliphatic rings. The van der Waals surface area contributed by atoms with Crippen LogP contribution in [0.5, 0.6) is 0 Å². The van der Waals surface area contributed by atoms with E-state index in [1.165, 1.54) is 0 Å². The van der Waals surface area contributed by atoms with Gasteiger partial charge in [0.2, 0.25) is 0 Å². The van der Waals surface area contributed by atoms with Gasteiger partial charge in [-0.2, -0.15) is 0 Å². The predicted octanol–water partition coefficient (Wildman–Crippen LogP) is 0.0486. The Morgan fingerprint density at radius 1 is 1.57 bits per heavy atom. The fourth-order valence-electron chi connectivity index (χ4n) is 0. The maximum atomic E-state index is 8.74. The van der Waals surface area contributed by atoms with Crippen LogP contribution >= 0.6 is 8.25 Å². The van der Waals surface area contributed by atoms with Crippen molar-refractivity contribution < 1.29 is 19.5 Å². The highest BCUT2D eigenvalue weighted by Gasteiger charge is 1.61. The molecule has 5 heteroatoms. The summed E-state index contributed by atoms with van der Waals surface area (Å²) in [5.74, 6) is 0. The summed E-state index contributed by atoms with van der Waals surface area (Å²) in [6, 6.07) is 0. The third-order valence-corrected chi connectivity index (χ3v) is 0. The number of rotatable bonds is 0. The zero-order chi connectivity index (χ0) is 6.28. The third kappa shape index (κ3) is 806. The molecular formula is C2H7O4P. The lowest BCUT2D eigenvalue weighted by Crippen LogP contribution is -1.38. The van der Waals surface area contributed by atoms with Crippen LogP contribution in [0, 0.1) is 0 Å². The summed E-state index contributed by atoms with van der Waals surface area (Å²) >= 11 is 0. The summed E-state index contributed by atoms with van der Waals surface area (Å²) in [5, 5.41) is 7.33. The predicted molar refractivity (Wildman–Crippen MR) is 26.3 cm³/mol. The number of hydrogen-bond acceptors (Lipinski definition) is 2. The van der Waals surface area contributed by atoms with Gasteiger partial charge in [0.1, 0.15) is 0 Å². The molecule has 0 fully saturated rings. The van der Waals surface area contributed by atoms with Gasteiger partial charge in [0.25, 0.3) is 0 Å². The first-order valence-electron chi connectivity index (χ1n) is 1.32. The Morgan fingerprint density at radius 3 is 1.57 bits per heavy atom. The molecule has 0 aliphatic heterocycles. The van der Waals surface area contributed by atoms with Crippen molar-refractivity contribution in [3.05, 3.63) is 12.8 Å². The second-order valence-electron chi connectivity index (χ2n) is 0.465. The van der Waals surface area contributed by atoms with Crippen LogP contribution in [0.1, 0.15) is 0 Å². The van der Waals surface area contributed by atoms with Crippen LogP contribution in [0.2, 0.25) is 0 Å². The van der Waals surface area contributed by atoms with E-state index in [-0.39, 0.29) is 0 Å². The quantitative estimate of drug-likeness (QED) is 0.316. The van der Waals surface area contributed by atoms with Crippen LogP contribution in [-0.4, -0.2) is 14.9 Å². The summed E-state index contributed by atoms with van der Waals surface area (Å²) in [4.78, 5) is 14.3. The van der Waals surface area contributed by atoms with Crippen molar-refractivity contribution in [2.24, 2.45) is 0 Å². The van der Waals surface area contributed by atoms with Gasteiger partial charge in [-0.15, -0.1) is 0 Å². The molecule has 0 saturated heterocycles. The van der Waals surface area contributed by atoms with Crippen LogP contribution in [0.4, 0.5) is 0 Å². The second-order valence-corrected chi connectivity index (χ2v) is 1.03. The first-order valence-corrected chi connectivity index (χ1v) is 2.62. The van der Waals surface area contributed by atoms with Crippen LogP contribution < -0.4 is 0 Å². The van der Waals surface area contributed by atoms with Gasteiger partial charge in [-0.05, 0) is 0 Å². The SMILES string of the molecule is C=CO.O=[PH](O)O. The van der Waals surface area contributed by atoms with E-state index in [1.54, 1.807) is 0 Å². The molecule has 0 aromatic rings. The smallest absolute Gasteiger partial charge is 0.314 e. The number of aliphatic hydroxyl groups is 1. The summed E-state index contributed by atoms with van der Waals surface area (Å²) in [7, 11) is -3.13. The normalized spacial score (nSPS) is 6.71. The molecule has 4 nitrogen and oxygen atoms in total. The molecule has 0 rings (SSSR count). The molecule has 0 saturated carbocycles. The molecule has 0 spiro atoms. The zero-order valence-electron chi connectivity index (χ0n) is 3.53. The fraction of sp³-hybridized carbons (Fsp3) is 0. The summed E-state index contributed by atoms with van der Waals surface area (Å²) in [5.41, 5.74) is 0. The molecule has 0 amide bonds. The molecule has 44 valence electrons. The second kappa shape index (κ2) is 9.19. The Bertz CT molecular complexity index is 56.7. The lowest BCUT2D eigenvalue weighted by molar-refractivity contribution is 0.405. The summed E-state index contributed by atoms with van der Waals surface area (Å²) < 4.78 is 8.74. The molecule has 0 heterocycles. The van der Waals surface area contributed by atoms with E-state index in [1.807, 2.05) is 0 Å². The molecule has 0 aliphatic carbocycles. The lowest BCUT2D eigenvalue weighted by atomic mass is 11.2. The van der Waals surface area contributed by atoms with Crippen molar-refractivity contribution in [3.63, 3.8) is 0 Å². The van der Waals surface area contributed by atoms with Crippen LogP contribution in [0.25, 0.3) is 0 Å². The average molecular weight is 126 g/mol. The highest BCUT2D eigenvalue weighted by molar-refractivity contribution is 7.30. The van der Waals surface area contributed by atoms with Gasteiger partial charge in [0.15, 0.2) is 0 Å². The van der Waals surface area contributed by atoms with Crippen LogP contribution in [-0.2, 0) is 4.57 Å². The van der Waals surface area contributed by atoms with E-state index in [0.717, 1.165) is 6.26 Å².